The Morgan fingerprint density at radius 2 is 1.50 bits per heavy atom. The molecule has 20 heavy (non-hydrogen) atoms. The van der Waals surface area contributed by atoms with E-state index in [1.807, 2.05) is 48.5 Å². The van der Waals surface area contributed by atoms with Crippen molar-refractivity contribution in [2.75, 3.05) is 0 Å². The third-order valence-electron chi connectivity index (χ3n) is 3.04. The van der Waals surface area contributed by atoms with Gasteiger partial charge in [0, 0.05) is 30.6 Å². The van der Waals surface area contributed by atoms with E-state index in [0.717, 1.165) is 22.4 Å². The van der Waals surface area contributed by atoms with Crippen molar-refractivity contribution < 1.29 is 5.11 Å². The van der Waals surface area contributed by atoms with Gasteiger partial charge in [0.2, 0.25) is 0 Å². The summed E-state index contributed by atoms with van der Waals surface area (Å²) < 4.78 is 0. The van der Waals surface area contributed by atoms with E-state index < -0.39 is 0 Å². The standard InChI is InChI=1S/C17H13NO.Li/c19-17-10-9-14(13-6-2-1-3-7-13)12-15(17)16-8-4-5-11-18-16;/h1-12,19H;. The first kappa shape index (κ1) is 14.4. The normalized spacial score (nSPS) is 9.80. The van der Waals surface area contributed by atoms with E-state index in [0.29, 0.717) is 0 Å². The Balaban J connectivity index is 0.00000147. The van der Waals surface area contributed by atoms with Crippen molar-refractivity contribution >= 4 is 18.9 Å². The van der Waals surface area contributed by atoms with E-state index in [1.54, 1.807) is 12.3 Å². The van der Waals surface area contributed by atoms with E-state index in [1.165, 1.54) is 0 Å². The van der Waals surface area contributed by atoms with Crippen LogP contribution in [0.2, 0.25) is 0 Å². The third-order valence-corrected chi connectivity index (χ3v) is 3.04. The van der Waals surface area contributed by atoms with Gasteiger partial charge in [-0.25, -0.2) is 0 Å². The van der Waals surface area contributed by atoms with E-state index in [4.69, 9.17) is 0 Å². The SMILES string of the molecule is Oc1ccc(-c2ccccc2)cc1-c1ccccn1.[Li]. The fourth-order valence-electron chi connectivity index (χ4n) is 2.07. The maximum atomic E-state index is 10.00. The molecule has 2 aromatic carbocycles. The van der Waals surface area contributed by atoms with Crippen LogP contribution in [0.15, 0.2) is 72.9 Å². The fourth-order valence-corrected chi connectivity index (χ4v) is 2.07. The summed E-state index contributed by atoms with van der Waals surface area (Å²) in [6, 6.07) is 21.4. The van der Waals surface area contributed by atoms with Gasteiger partial charge in [-0.3, -0.25) is 4.98 Å². The minimum absolute atomic E-state index is 0. The molecule has 0 saturated heterocycles. The Morgan fingerprint density at radius 3 is 2.20 bits per heavy atom. The van der Waals surface area contributed by atoms with Crippen molar-refractivity contribution in [1.29, 1.82) is 0 Å². The zero-order valence-corrected chi connectivity index (χ0v) is 11.3. The number of phenolic OH excluding ortho intramolecular Hbond substituents is 1. The summed E-state index contributed by atoms with van der Waals surface area (Å²) in [5.74, 6) is 0.249. The zero-order valence-electron chi connectivity index (χ0n) is 11.3. The van der Waals surface area contributed by atoms with Crippen LogP contribution in [0.3, 0.4) is 0 Å². The summed E-state index contributed by atoms with van der Waals surface area (Å²) >= 11 is 0. The molecule has 3 rings (SSSR count). The number of aromatic hydroxyl groups is 1. The number of hydrogen-bond donors (Lipinski definition) is 1. The number of nitrogens with zero attached hydrogens (tertiary/aromatic N) is 1. The number of hydrogen-bond acceptors (Lipinski definition) is 2. The molecule has 0 amide bonds. The fraction of sp³-hybridized carbons (Fsp3) is 0. The number of pyridine rings is 1. The number of benzene rings is 2. The average molecular weight is 254 g/mol. The molecule has 1 heterocycles. The molecule has 3 heteroatoms. The summed E-state index contributed by atoms with van der Waals surface area (Å²) in [7, 11) is 0. The first-order chi connectivity index (χ1) is 9.34. The van der Waals surface area contributed by atoms with Crippen LogP contribution in [-0.2, 0) is 0 Å². The summed E-state index contributed by atoms with van der Waals surface area (Å²) in [5, 5.41) is 10.00. The van der Waals surface area contributed by atoms with Crippen molar-refractivity contribution in [2.45, 2.75) is 0 Å². The third kappa shape index (κ3) is 2.93. The van der Waals surface area contributed by atoms with Gasteiger partial charge in [-0.2, -0.15) is 0 Å². The topological polar surface area (TPSA) is 33.1 Å². The van der Waals surface area contributed by atoms with Gasteiger partial charge < -0.3 is 5.11 Å². The average Bonchev–Trinajstić information content (AvgIpc) is 2.49. The van der Waals surface area contributed by atoms with Crippen LogP contribution in [0.5, 0.6) is 5.75 Å². The monoisotopic (exact) mass is 254 g/mol. The first-order valence-electron chi connectivity index (χ1n) is 6.14. The Labute approximate surface area is 130 Å². The summed E-state index contributed by atoms with van der Waals surface area (Å²) in [6.07, 6.45) is 1.73. The number of phenols is 1. The molecule has 0 unspecified atom stereocenters. The largest absolute Gasteiger partial charge is 0.507 e. The second kappa shape index (κ2) is 6.43. The molecule has 1 aromatic heterocycles. The molecule has 93 valence electrons. The molecule has 3 aromatic rings. The molecule has 0 bridgehead atoms. The molecule has 0 fully saturated rings. The van der Waals surface area contributed by atoms with Crippen molar-refractivity contribution in [3.63, 3.8) is 0 Å². The van der Waals surface area contributed by atoms with Crippen molar-refractivity contribution in [3.8, 4) is 28.1 Å². The van der Waals surface area contributed by atoms with Gasteiger partial charge >= 0.3 is 0 Å². The molecule has 0 spiro atoms. The second-order valence-electron chi connectivity index (χ2n) is 4.31. The van der Waals surface area contributed by atoms with Gasteiger partial charge in [-0.15, -0.1) is 0 Å². The maximum Gasteiger partial charge on any atom is 0.125 e. The van der Waals surface area contributed by atoms with Crippen LogP contribution in [0.25, 0.3) is 22.4 Å². The van der Waals surface area contributed by atoms with E-state index in [9.17, 15) is 5.11 Å². The van der Waals surface area contributed by atoms with Gasteiger partial charge in [0.05, 0.1) is 5.69 Å². The van der Waals surface area contributed by atoms with Gasteiger partial charge in [-0.1, -0.05) is 42.5 Å². The van der Waals surface area contributed by atoms with Crippen LogP contribution in [0, 0.1) is 0 Å². The molecular weight excluding hydrogens is 241 g/mol. The van der Waals surface area contributed by atoms with Crippen molar-refractivity contribution in [2.24, 2.45) is 0 Å². The van der Waals surface area contributed by atoms with Gasteiger partial charge in [0.15, 0.2) is 0 Å². The molecule has 0 aliphatic carbocycles. The Kier molecular flexibility index (Phi) is 4.63. The minimum Gasteiger partial charge on any atom is -0.507 e. The summed E-state index contributed by atoms with van der Waals surface area (Å²) in [5.41, 5.74) is 3.72. The van der Waals surface area contributed by atoms with Gasteiger partial charge in [0.1, 0.15) is 5.75 Å². The van der Waals surface area contributed by atoms with Crippen LogP contribution in [0.4, 0.5) is 0 Å². The van der Waals surface area contributed by atoms with E-state index in [2.05, 4.69) is 17.1 Å². The zero-order chi connectivity index (χ0) is 13.1. The number of aromatic nitrogens is 1. The molecule has 2 nitrogen and oxygen atoms in total. The number of rotatable bonds is 2. The maximum absolute atomic E-state index is 10.00. The Morgan fingerprint density at radius 1 is 0.750 bits per heavy atom. The van der Waals surface area contributed by atoms with Crippen LogP contribution in [0.1, 0.15) is 0 Å². The van der Waals surface area contributed by atoms with Crippen LogP contribution < -0.4 is 0 Å². The summed E-state index contributed by atoms with van der Waals surface area (Å²) in [6.45, 7) is 0. The molecular formula is C17H13LiNO. The molecule has 0 aliphatic heterocycles. The van der Waals surface area contributed by atoms with Crippen molar-refractivity contribution in [3.05, 3.63) is 72.9 Å². The van der Waals surface area contributed by atoms with E-state index in [-0.39, 0.29) is 24.6 Å². The Hall–Kier alpha value is -2.01. The smallest absolute Gasteiger partial charge is 0.125 e. The molecule has 0 atom stereocenters. The van der Waals surface area contributed by atoms with Gasteiger partial charge in [0.25, 0.3) is 0 Å². The summed E-state index contributed by atoms with van der Waals surface area (Å²) in [4.78, 5) is 4.28. The molecule has 1 N–H and O–H groups in total. The predicted molar refractivity (Wildman–Crippen MR) is 82.5 cm³/mol. The molecule has 0 saturated carbocycles. The predicted octanol–water partition coefficient (Wildman–Crippen LogP) is 3.74. The van der Waals surface area contributed by atoms with Gasteiger partial charge in [-0.05, 0) is 35.4 Å². The van der Waals surface area contributed by atoms with Crippen LogP contribution in [-0.4, -0.2) is 29.0 Å². The second-order valence-corrected chi connectivity index (χ2v) is 4.31. The Bertz CT molecular complexity index is 684. The van der Waals surface area contributed by atoms with Crippen LogP contribution >= 0.6 is 0 Å². The van der Waals surface area contributed by atoms with Crippen molar-refractivity contribution in [1.82, 2.24) is 4.98 Å². The quantitative estimate of drug-likeness (QED) is 0.707. The molecule has 0 aliphatic rings. The first-order valence-corrected chi connectivity index (χ1v) is 6.14. The minimum atomic E-state index is 0. The molecule has 1 radical (unpaired) electrons. The van der Waals surface area contributed by atoms with E-state index >= 15 is 0 Å².